The van der Waals surface area contributed by atoms with Crippen LogP contribution in [0.4, 0.5) is 4.39 Å². The lowest BCUT2D eigenvalue weighted by atomic mass is 10.3. The molecule has 0 bridgehead atoms. The second-order valence-corrected chi connectivity index (χ2v) is 1.92. The number of carbonyl (C=O) groups excluding carboxylic acids is 1. The van der Waals surface area contributed by atoms with Crippen molar-refractivity contribution in [3.8, 4) is 0 Å². The van der Waals surface area contributed by atoms with Crippen molar-refractivity contribution in [2.75, 3.05) is 0 Å². The number of hydrogen-bond acceptors (Lipinski definition) is 3. The Balaban J connectivity index is 2.79. The molecule has 1 heterocycles. The van der Waals surface area contributed by atoms with Gasteiger partial charge in [0.25, 0.3) is 0 Å². The Hall–Kier alpha value is -1.54. The van der Waals surface area contributed by atoms with E-state index in [-0.39, 0.29) is 6.54 Å². The normalized spacial score (nSPS) is 8.82. The molecule has 0 amide bonds. The zero-order valence-corrected chi connectivity index (χ0v) is 5.62. The molecule has 0 saturated heterocycles. The Bertz CT molecular complexity index is 294. The first-order valence-electron chi connectivity index (χ1n) is 2.96. The van der Waals surface area contributed by atoms with Gasteiger partial charge in [-0.15, -0.1) is 0 Å². The van der Waals surface area contributed by atoms with E-state index in [9.17, 15) is 9.18 Å². The van der Waals surface area contributed by atoms with Gasteiger partial charge in [-0.1, -0.05) is 0 Å². The van der Waals surface area contributed by atoms with Gasteiger partial charge < -0.3 is 0 Å². The van der Waals surface area contributed by atoms with E-state index >= 15 is 0 Å². The van der Waals surface area contributed by atoms with E-state index in [1.165, 1.54) is 18.3 Å². The number of aromatic nitrogens is 1. The molecule has 0 saturated carbocycles. The van der Waals surface area contributed by atoms with Gasteiger partial charge in [0.1, 0.15) is 5.82 Å². The van der Waals surface area contributed by atoms with Crippen molar-refractivity contribution in [1.82, 2.24) is 4.98 Å². The number of isocyanates is 1. The standard InChI is InChI=1S/C7H5FN2O/c8-7-1-6(2-9-4-7)3-10-5-11/h1-2,4H,3H2. The van der Waals surface area contributed by atoms with E-state index in [0.717, 1.165) is 6.20 Å². The zero-order chi connectivity index (χ0) is 8.10. The minimum absolute atomic E-state index is 0.133. The van der Waals surface area contributed by atoms with Crippen molar-refractivity contribution < 1.29 is 9.18 Å². The number of pyridine rings is 1. The van der Waals surface area contributed by atoms with Crippen LogP contribution in [0.2, 0.25) is 0 Å². The van der Waals surface area contributed by atoms with E-state index in [0.29, 0.717) is 5.56 Å². The molecule has 0 aromatic carbocycles. The minimum Gasteiger partial charge on any atom is -0.261 e. The average molecular weight is 152 g/mol. The van der Waals surface area contributed by atoms with Crippen molar-refractivity contribution in [2.24, 2.45) is 4.99 Å². The fourth-order valence-electron chi connectivity index (χ4n) is 0.666. The van der Waals surface area contributed by atoms with E-state index in [1.54, 1.807) is 0 Å². The molecule has 3 nitrogen and oxygen atoms in total. The number of halogens is 1. The summed E-state index contributed by atoms with van der Waals surface area (Å²) in [5, 5.41) is 0. The summed E-state index contributed by atoms with van der Waals surface area (Å²) < 4.78 is 12.4. The van der Waals surface area contributed by atoms with Crippen LogP contribution in [0.1, 0.15) is 5.56 Å². The lowest BCUT2D eigenvalue weighted by Gasteiger charge is -1.91. The van der Waals surface area contributed by atoms with Crippen LogP contribution < -0.4 is 0 Å². The third-order valence-corrected chi connectivity index (χ3v) is 1.09. The number of nitrogens with zero attached hydrogens (tertiary/aromatic N) is 2. The molecule has 0 fully saturated rings. The Morgan fingerprint density at radius 3 is 3.09 bits per heavy atom. The predicted octanol–water partition coefficient (Wildman–Crippen LogP) is 1.06. The van der Waals surface area contributed by atoms with E-state index in [2.05, 4.69) is 9.98 Å². The van der Waals surface area contributed by atoms with Gasteiger partial charge in [0.15, 0.2) is 0 Å². The lowest BCUT2D eigenvalue weighted by molar-refractivity contribution is 0.562. The number of rotatable bonds is 2. The van der Waals surface area contributed by atoms with E-state index < -0.39 is 5.82 Å². The predicted molar refractivity (Wildman–Crippen MR) is 36.0 cm³/mol. The molecule has 1 rings (SSSR count). The van der Waals surface area contributed by atoms with Crippen LogP contribution in [0.25, 0.3) is 0 Å². The molecule has 56 valence electrons. The van der Waals surface area contributed by atoms with Gasteiger partial charge in [0, 0.05) is 6.20 Å². The topological polar surface area (TPSA) is 42.3 Å². The van der Waals surface area contributed by atoms with Crippen LogP contribution in [0.5, 0.6) is 0 Å². The molecule has 4 heteroatoms. The van der Waals surface area contributed by atoms with Crippen LogP contribution in [-0.4, -0.2) is 11.1 Å². The summed E-state index contributed by atoms with van der Waals surface area (Å²) in [5.74, 6) is -0.427. The van der Waals surface area contributed by atoms with Gasteiger partial charge in [0.2, 0.25) is 6.08 Å². The van der Waals surface area contributed by atoms with Crippen LogP contribution in [-0.2, 0) is 11.3 Å². The summed E-state index contributed by atoms with van der Waals surface area (Å²) in [6, 6.07) is 1.27. The Kier molecular flexibility index (Phi) is 2.47. The number of hydrogen-bond donors (Lipinski definition) is 0. The quantitative estimate of drug-likeness (QED) is 0.469. The summed E-state index contributed by atoms with van der Waals surface area (Å²) in [7, 11) is 0. The van der Waals surface area contributed by atoms with Gasteiger partial charge in [0.05, 0.1) is 12.7 Å². The van der Waals surface area contributed by atoms with Gasteiger partial charge in [-0.05, 0) is 11.6 Å². The molecule has 1 aromatic rings. The Morgan fingerprint density at radius 1 is 1.64 bits per heavy atom. The summed E-state index contributed by atoms with van der Waals surface area (Å²) in [5.41, 5.74) is 0.563. The molecule has 0 aliphatic rings. The molecule has 0 unspecified atom stereocenters. The molecule has 0 aliphatic heterocycles. The highest BCUT2D eigenvalue weighted by atomic mass is 19.1. The van der Waals surface area contributed by atoms with Crippen LogP contribution >= 0.6 is 0 Å². The van der Waals surface area contributed by atoms with Gasteiger partial charge in [-0.2, -0.15) is 0 Å². The first kappa shape index (κ1) is 7.57. The van der Waals surface area contributed by atoms with Gasteiger partial charge in [-0.3, -0.25) is 4.98 Å². The molecular formula is C7H5FN2O. The summed E-state index contributed by atoms with van der Waals surface area (Å²) in [6.45, 7) is 0.133. The zero-order valence-electron chi connectivity index (χ0n) is 5.62. The molecule has 0 aliphatic carbocycles. The number of aliphatic imine (C=N–C) groups is 1. The fraction of sp³-hybridized carbons (Fsp3) is 0.143. The highest BCUT2D eigenvalue weighted by molar-refractivity contribution is 5.33. The van der Waals surface area contributed by atoms with Gasteiger partial charge >= 0.3 is 0 Å². The lowest BCUT2D eigenvalue weighted by Crippen LogP contribution is -1.85. The maximum Gasteiger partial charge on any atom is 0.235 e. The monoisotopic (exact) mass is 152 g/mol. The van der Waals surface area contributed by atoms with E-state index in [4.69, 9.17) is 0 Å². The highest BCUT2D eigenvalue weighted by Crippen LogP contribution is 2.01. The maximum atomic E-state index is 12.4. The molecule has 0 spiro atoms. The second kappa shape index (κ2) is 3.58. The SMILES string of the molecule is O=C=NCc1cncc(F)c1. The van der Waals surface area contributed by atoms with Crippen molar-refractivity contribution in [3.63, 3.8) is 0 Å². The third kappa shape index (κ3) is 2.27. The largest absolute Gasteiger partial charge is 0.261 e. The van der Waals surface area contributed by atoms with Crippen molar-refractivity contribution >= 4 is 6.08 Å². The van der Waals surface area contributed by atoms with Crippen molar-refractivity contribution in [1.29, 1.82) is 0 Å². The van der Waals surface area contributed by atoms with Gasteiger partial charge in [-0.25, -0.2) is 14.2 Å². The summed E-state index contributed by atoms with van der Waals surface area (Å²) in [4.78, 5) is 16.5. The fourth-order valence-corrected chi connectivity index (χ4v) is 0.666. The highest BCUT2D eigenvalue weighted by Gasteiger charge is 1.93. The molecule has 0 atom stereocenters. The maximum absolute atomic E-state index is 12.4. The average Bonchev–Trinajstić information content (AvgIpc) is 2.01. The van der Waals surface area contributed by atoms with Crippen molar-refractivity contribution in [2.45, 2.75) is 6.54 Å². The molecule has 0 radical (unpaired) electrons. The van der Waals surface area contributed by atoms with Crippen LogP contribution in [0, 0.1) is 5.82 Å². The third-order valence-electron chi connectivity index (χ3n) is 1.09. The molecule has 11 heavy (non-hydrogen) atoms. The first-order chi connectivity index (χ1) is 5.33. The minimum atomic E-state index is -0.427. The summed E-state index contributed by atoms with van der Waals surface area (Å²) in [6.07, 6.45) is 3.90. The Morgan fingerprint density at radius 2 is 2.45 bits per heavy atom. The Labute approximate surface area is 62.6 Å². The molecule has 1 aromatic heterocycles. The smallest absolute Gasteiger partial charge is 0.235 e. The van der Waals surface area contributed by atoms with Crippen LogP contribution in [0.3, 0.4) is 0 Å². The molecule has 0 N–H and O–H groups in total. The molecular weight excluding hydrogens is 147 g/mol. The van der Waals surface area contributed by atoms with E-state index in [1.807, 2.05) is 0 Å². The summed E-state index contributed by atoms with van der Waals surface area (Å²) >= 11 is 0. The first-order valence-corrected chi connectivity index (χ1v) is 2.96. The van der Waals surface area contributed by atoms with Crippen molar-refractivity contribution in [3.05, 3.63) is 29.8 Å². The van der Waals surface area contributed by atoms with Crippen LogP contribution in [0.15, 0.2) is 23.5 Å². The second-order valence-electron chi connectivity index (χ2n) is 1.92.